The molecule has 4 nitrogen and oxygen atoms in total. The van der Waals surface area contributed by atoms with Crippen molar-refractivity contribution in [3.63, 3.8) is 0 Å². The largest absolute Gasteiger partial charge is 0.495 e. The van der Waals surface area contributed by atoms with Gasteiger partial charge in [0.1, 0.15) is 5.75 Å². The maximum Gasteiger partial charge on any atom is 0.221 e. The molecule has 15 heavy (non-hydrogen) atoms. The lowest BCUT2D eigenvalue weighted by Crippen LogP contribution is -2.07. The average Bonchev–Trinajstić information content (AvgIpc) is 2.18. The van der Waals surface area contributed by atoms with Gasteiger partial charge in [0.25, 0.3) is 0 Å². The van der Waals surface area contributed by atoms with E-state index in [4.69, 9.17) is 10.00 Å². The number of ether oxygens (including phenoxy) is 1. The Hall–Kier alpha value is -2.02. The van der Waals surface area contributed by atoms with Crippen LogP contribution in [-0.4, -0.2) is 13.0 Å². The van der Waals surface area contributed by atoms with Crippen molar-refractivity contribution in [2.45, 2.75) is 13.3 Å². The molecule has 4 heteroatoms. The number of methoxy groups -OCH3 is 1. The summed E-state index contributed by atoms with van der Waals surface area (Å²) < 4.78 is 5.08. The van der Waals surface area contributed by atoms with E-state index in [1.165, 1.54) is 14.0 Å². The summed E-state index contributed by atoms with van der Waals surface area (Å²) in [6, 6.07) is 7.32. The fraction of sp³-hybridized carbons (Fsp3) is 0.273. The quantitative estimate of drug-likeness (QED) is 0.815. The predicted octanol–water partition coefficient (Wildman–Crippen LogP) is 1.72. The van der Waals surface area contributed by atoms with Gasteiger partial charge in [0, 0.05) is 6.92 Å². The van der Waals surface area contributed by atoms with E-state index in [-0.39, 0.29) is 5.91 Å². The van der Waals surface area contributed by atoms with Gasteiger partial charge in [-0.15, -0.1) is 0 Å². The number of carbonyl (C=O) groups excluding carboxylic acids is 1. The number of nitriles is 1. The molecule has 0 atom stereocenters. The molecule has 0 fully saturated rings. The van der Waals surface area contributed by atoms with Crippen molar-refractivity contribution in [1.29, 1.82) is 5.26 Å². The number of carbonyl (C=O) groups is 1. The number of nitrogens with one attached hydrogen (secondary N) is 1. The van der Waals surface area contributed by atoms with Crippen LogP contribution in [0.15, 0.2) is 18.2 Å². The molecule has 1 aromatic carbocycles. The van der Waals surface area contributed by atoms with Crippen molar-refractivity contribution in [3.8, 4) is 11.8 Å². The van der Waals surface area contributed by atoms with E-state index < -0.39 is 0 Å². The minimum Gasteiger partial charge on any atom is -0.495 e. The zero-order valence-corrected chi connectivity index (χ0v) is 8.70. The molecule has 78 valence electrons. The van der Waals surface area contributed by atoms with Crippen LogP contribution >= 0.6 is 0 Å². The highest BCUT2D eigenvalue weighted by Gasteiger charge is 2.05. The average molecular weight is 204 g/mol. The molecule has 0 saturated heterocycles. The van der Waals surface area contributed by atoms with Gasteiger partial charge in [-0.25, -0.2) is 0 Å². The summed E-state index contributed by atoms with van der Waals surface area (Å²) in [5, 5.41) is 11.2. The zero-order chi connectivity index (χ0) is 11.3. The minimum atomic E-state index is -0.164. The standard InChI is InChI=1S/C11H12N2O2/c1-8(14)13-10-7-9(5-6-12)3-4-11(10)15-2/h3-4,7H,5H2,1-2H3,(H,13,14). The van der Waals surface area contributed by atoms with Gasteiger partial charge in [0.15, 0.2) is 0 Å². The van der Waals surface area contributed by atoms with Crippen LogP contribution in [0.3, 0.4) is 0 Å². The molecule has 1 N–H and O–H groups in total. The first-order valence-electron chi connectivity index (χ1n) is 4.49. The summed E-state index contributed by atoms with van der Waals surface area (Å²) in [6.07, 6.45) is 0.316. The number of nitrogens with zero attached hydrogens (tertiary/aromatic N) is 1. The SMILES string of the molecule is COc1ccc(CC#N)cc1NC(C)=O. The zero-order valence-electron chi connectivity index (χ0n) is 8.70. The number of hydrogen-bond acceptors (Lipinski definition) is 3. The van der Waals surface area contributed by atoms with Gasteiger partial charge in [0.05, 0.1) is 25.3 Å². The number of benzene rings is 1. The van der Waals surface area contributed by atoms with Gasteiger partial charge < -0.3 is 10.1 Å². The molecule has 1 aromatic rings. The Kier molecular flexibility index (Phi) is 3.69. The van der Waals surface area contributed by atoms with Crippen LogP contribution in [0, 0.1) is 11.3 Å². The smallest absolute Gasteiger partial charge is 0.221 e. The second kappa shape index (κ2) is 5.01. The highest BCUT2D eigenvalue weighted by atomic mass is 16.5. The summed E-state index contributed by atoms with van der Waals surface area (Å²) in [4.78, 5) is 10.9. The van der Waals surface area contributed by atoms with Gasteiger partial charge in [0.2, 0.25) is 5.91 Å². The molecule has 0 spiro atoms. The Morgan fingerprint density at radius 3 is 2.87 bits per heavy atom. The Labute approximate surface area is 88.5 Å². The van der Waals surface area contributed by atoms with Crippen LogP contribution in [0.5, 0.6) is 5.75 Å². The lowest BCUT2D eigenvalue weighted by molar-refractivity contribution is -0.114. The molecule has 0 aliphatic heterocycles. The lowest BCUT2D eigenvalue weighted by Gasteiger charge is -2.09. The van der Waals surface area contributed by atoms with Crippen molar-refractivity contribution in [2.75, 3.05) is 12.4 Å². The van der Waals surface area contributed by atoms with E-state index in [1.54, 1.807) is 18.2 Å². The minimum absolute atomic E-state index is 0.164. The number of anilines is 1. The fourth-order valence-electron chi connectivity index (χ4n) is 1.24. The molecule has 0 saturated carbocycles. The molecular formula is C11H12N2O2. The highest BCUT2D eigenvalue weighted by Crippen LogP contribution is 2.25. The van der Waals surface area contributed by atoms with Crippen LogP contribution in [0.4, 0.5) is 5.69 Å². The number of hydrogen-bond donors (Lipinski definition) is 1. The molecule has 0 heterocycles. The van der Waals surface area contributed by atoms with Crippen LogP contribution in [0.2, 0.25) is 0 Å². The Morgan fingerprint density at radius 1 is 1.60 bits per heavy atom. The Morgan fingerprint density at radius 2 is 2.33 bits per heavy atom. The molecule has 0 aromatic heterocycles. The van der Waals surface area contributed by atoms with E-state index in [9.17, 15) is 4.79 Å². The van der Waals surface area contributed by atoms with Crippen molar-refractivity contribution in [1.82, 2.24) is 0 Å². The summed E-state index contributed by atoms with van der Waals surface area (Å²) in [5.41, 5.74) is 1.44. The molecule has 0 aliphatic carbocycles. The van der Waals surface area contributed by atoms with E-state index in [0.29, 0.717) is 17.9 Å². The Balaban J connectivity index is 3.02. The van der Waals surface area contributed by atoms with Crippen LogP contribution in [-0.2, 0) is 11.2 Å². The van der Waals surface area contributed by atoms with Crippen molar-refractivity contribution in [2.24, 2.45) is 0 Å². The first-order chi connectivity index (χ1) is 7.17. The highest BCUT2D eigenvalue weighted by molar-refractivity contribution is 5.90. The van der Waals surface area contributed by atoms with Crippen LogP contribution < -0.4 is 10.1 Å². The Bertz CT molecular complexity index is 408. The first-order valence-corrected chi connectivity index (χ1v) is 4.49. The molecule has 1 amide bonds. The topological polar surface area (TPSA) is 62.1 Å². The molecule has 0 radical (unpaired) electrons. The summed E-state index contributed by atoms with van der Waals surface area (Å²) in [7, 11) is 1.53. The summed E-state index contributed by atoms with van der Waals surface area (Å²) in [5.74, 6) is 0.425. The maximum absolute atomic E-state index is 10.9. The normalized spacial score (nSPS) is 9.13. The van der Waals surface area contributed by atoms with E-state index in [1.807, 2.05) is 6.07 Å². The number of rotatable bonds is 3. The van der Waals surface area contributed by atoms with Crippen molar-refractivity contribution >= 4 is 11.6 Å². The second-order valence-corrected chi connectivity index (χ2v) is 3.05. The van der Waals surface area contributed by atoms with E-state index in [0.717, 1.165) is 5.56 Å². The van der Waals surface area contributed by atoms with Crippen molar-refractivity contribution < 1.29 is 9.53 Å². The molecular weight excluding hydrogens is 192 g/mol. The molecule has 1 rings (SSSR count). The van der Waals surface area contributed by atoms with Gasteiger partial charge in [-0.05, 0) is 17.7 Å². The summed E-state index contributed by atoms with van der Waals surface area (Å²) in [6.45, 7) is 1.43. The van der Waals surface area contributed by atoms with E-state index >= 15 is 0 Å². The monoisotopic (exact) mass is 204 g/mol. The predicted molar refractivity (Wildman–Crippen MR) is 56.6 cm³/mol. The fourth-order valence-corrected chi connectivity index (χ4v) is 1.24. The molecule has 0 unspecified atom stereocenters. The van der Waals surface area contributed by atoms with Gasteiger partial charge in [-0.1, -0.05) is 6.07 Å². The maximum atomic E-state index is 10.9. The van der Waals surface area contributed by atoms with Crippen molar-refractivity contribution in [3.05, 3.63) is 23.8 Å². The second-order valence-electron chi connectivity index (χ2n) is 3.05. The third-order valence-corrected chi connectivity index (χ3v) is 1.86. The first kappa shape index (κ1) is 11.1. The van der Waals surface area contributed by atoms with Crippen LogP contribution in [0.1, 0.15) is 12.5 Å². The molecule has 0 bridgehead atoms. The van der Waals surface area contributed by atoms with Crippen LogP contribution in [0.25, 0.3) is 0 Å². The van der Waals surface area contributed by atoms with Gasteiger partial charge >= 0.3 is 0 Å². The van der Waals surface area contributed by atoms with Gasteiger partial charge in [-0.2, -0.15) is 5.26 Å². The van der Waals surface area contributed by atoms with E-state index in [2.05, 4.69) is 5.32 Å². The number of amides is 1. The lowest BCUT2D eigenvalue weighted by atomic mass is 10.1. The third-order valence-electron chi connectivity index (χ3n) is 1.86. The summed E-state index contributed by atoms with van der Waals surface area (Å²) >= 11 is 0. The third kappa shape index (κ3) is 2.99. The van der Waals surface area contributed by atoms with Gasteiger partial charge in [-0.3, -0.25) is 4.79 Å². The molecule has 0 aliphatic rings.